The Morgan fingerprint density at radius 2 is 2.18 bits per heavy atom. The lowest BCUT2D eigenvalue weighted by atomic mass is 10.4. The van der Waals surface area contributed by atoms with Crippen LogP contribution in [-0.4, -0.2) is 19.6 Å². The van der Waals surface area contributed by atoms with E-state index in [1.54, 1.807) is 6.33 Å². The molecule has 0 bridgehead atoms. The van der Waals surface area contributed by atoms with E-state index >= 15 is 0 Å². The van der Waals surface area contributed by atoms with Gasteiger partial charge >= 0.3 is 0 Å². The van der Waals surface area contributed by atoms with Crippen LogP contribution in [0.15, 0.2) is 12.5 Å². The standard InChI is InChI=1S/C7H8N4/c1-5-3-11-4-8-10-7(11)6(2)9-5/h3-4H,1-2H3. The van der Waals surface area contributed by atoms with Gasteiger partial charge in [-0.3, -0.25) is 9.38 Å². The van der Waals surface area contributed by atoms with Crippen LogP contribution in [0.3, 0.4) is 0 Å². The monoisotopic (exact) mass is 148 g/mol. The van der Waals surface area contributed by atoms with Gasteiger partial charge in [0.15, 0.2) is 5.65 Å². The topological polar surface area (TPSA) is 43.1 Å². The molecule has 0 atom stereocenters. The number of hydrogen-bond acceptors (Lipinski definition) is 3. The summed E-state index contributed by atoms with van der Waals surface area (Å²) in [6, 6.07) is 0. The van der Waals surface area contributed by atoms with Gasteiger partial charge in [-0.25, -0.2) is 0 Å². The molecular weight excluding hydrogens is 140 g/mol. The Bertz CT molecular complexity index is 390. The van der Waals surface area contributed by atoms with Crippen molar-refractivity contribution in [2.24, 2.45) is 0 Å². The number of hydrogen-bond donors (Lipinski definition) is 0. The molecule has 4 nitrogen and oxygen atoms in total. The fourth-order valence-corrected chi connectivity index (χ4v) is 1.14. The van der Waals surface area contributed by atoms with Gasteiger partial charge in [0, 0.05) is 6.20 Å². The summed E-state index contributed by atoms with van der Waals surface area (Å²) in [5, 5.41) is 7.69. The molecular formula is C7H8N4. The van der Waals surface area contributed by atoms with Gasteiger partial charge in [-0.15, -0.1) is 10.2 Å². The van der Waals surface area contributed by atoms with Gasteiger partial charge in [0.05, 0.1) is 11.4 Å². The quantitative estimate of drug-likeness (QED) is 0.553. The molecule has 4 heteroatoms. The average Bonchev–Trinajstić information content (AvgIpc) is 2.34. The van der Waals surface area contributed by atoms with E-state index in [4.69, 9.17) is 0 Å². The number of fused-ring (bicyclic) bond motifs is 1. The molecule has 2 heterocycles. The Kier molecular flexibility index (Phi) is 1.15. The highest BCUT2D eigenvalue weighted by molar-refractivity contribution is 5.41. The van der Waals surface area contributed by atoms with E-state index in [1.807, 2.05) is 24.4 Å². The Balaban J connectivity index is 2.91. The normalized spacial score (nSPS) is 10.7. The summed E-state index contributed by atoms with van der Waals surface area (Å²) in [5.41, 5.74) is 2.73. The third kappa shape index (κ3) is 0.869. The van der Waals surface area contributed by atoms with Crippen LogP contribution in [0.2, 0.25) is 0 Å². The van der Waals surface area contributed by atoms with Crippen molar-refractivity contribution in [1.29, 1.82) is 0 Å². The molecule has 0 saturated carbocycles. The second-order valence-corrected chi connectivity index (χ2v) is 2.53. The van der Waals surface area contributed by atoms with E-state index in [-0.39, 0.29) is 0 Å². The van der Waals surface area contributed by atoms with Crippen molar-refractivity contribution in [2.45, 2.75) is 13.8 Å². The Morgan fingerprint density at radius 1 is 1.36 bits per heavy atom. The molecule has 0 unspecified atom stereocenters. The number of nitrogens with zero attached hydrogens (tertiary/aromatic N) is 4. The Labute approximate surface area is 63.9 Å². The van der Waals surface area contributed by atoms with Crippen LogP contribution in [0.25, 0.3) is 5.65 Å². The van der Waals surface area contributed by atoms with E-state index < -0.39 is 0 Å². The second kappa shape index (κ2) is 2.02. The summed E-state index contributed by atoms with van der Waals surface area (Å²) in [4.78, 5) is 4.25. The molecule has 2 aromatic heterocycles. The minimum Gasteiger partial charge on any atom is -0.286 e. The van der Waals surface area contributed by atoms with Crippen LogP contribution < -0.4 is 0 Å². The molecule has 0 saturated heterocycles. The summed E-state index contributed by atoms with van der Waals surface area (Å²) in [5.74, 6) is 0. The van der Waals surface area contributed by atoms with Gasteiger partial charge < -0.3 is 0 Å². The number of aryl methyl sites for hydroxylation is 2. The first kappa shape index (κ1) is 6.27. The van der Waals surface area contributed by atoms with Crippen molar-refractivity contribution in [2.75, 3.05) is 0 Å². The SMILES string of the molecule is Cc1cn2cnnc2c(C)n1. The van der Waals surface area contributed by atoms with Crippen LogP contribution in [-0.2, 0) is 0 Å². The van der Waals surface area contributed by atoms with Crippen LogP contribution >= 0.6 is 0 Å². The average molecular weight is 148 g/mol. The highest BCUT2D eigenvalue weighted by Crippen LogP contribution is 2.03. The largest absolute Gasteiger partial charge is 0.286 e. The van der Waals surface area contributed by atoms with Gasteiger partial charge in [-0.05, 0) is 13.8 Å². The van der Waals surface area contributed by atoms with E-state index in [2.05, 4.69) is 15.2 Å². The summed E-state index contributed by atoms with van der Waals surface area (Å²) >= 11 is 0. The molecule has 11 heavy (non-hydrogen) atoms. The van der Waals surface area contributed by atoms with Crippen molar-refractivity contribution in [3.8, 4) is 0 Å². The lowest BCUT2D eigenvalue weighted by Crippen LogP contribution is -1.93. The summed E-state index contributed by atoms with van der Waals surface area (Å²) in [7, 11) is 0. The zero-order chi connectivity index (χ0) is 7.84. The van der Waals surface area contributed by atoms with Gasteiger partial charge in [0.1, 0.15) is 6.33 Å². The minimum atomic E-state index is 0.829. The molecule has 2 aromatic rings. The Morgan fingerprint density at radius 3 is 3.00 bits per heavy atom. The maximum atomic E-state index is 4.25. The van der Waals surface area contributed by atoms with Gasteiger partial charge in [0.25, 0.3) is 0 Å². The van der Waals surface area contributed by atoms with Crippen LogP contribution in [0.4, 0.5) is 0 Å². The summed E-state index contributed by atoms with van der Waals surface area (Å²) in [6.45, 7) is 3.88. The highest BCUT2D eigenvalue weighted by atomic mass is 15.2. The molecule has 0 amide bonds. The first-order valence-electron chi connectivity index (χ1n) is 3.41. The van der Waals surface area contributed by atoms with Crippen LogP contribution in [0, 0.1) is 13.8 Å². The number of rotatable bonds is 0. The molecule has 0 N–H and O–H groups in total. The molecule has 0 aromatic carbocycles. The summed E-state index contributed by atoms with van der Waals surface area (Å²) in [6.07, 6.45) is 3.58. The maximum Gasteiger partial charge on any atom is 0.182 e. The van der Waals surface area contributed by atoms with Crippen LogP contribution in [0.1, 0.15) is 11.4 Å². The van der Waals surface area contributed by atoms with E-state index in [1.165, 1.54) is 0 Å². The van der Waals surface area contributed by atoms with Crippen molar-refractivity contribution in [3.63, 3.8) is 0 Å². The third-order valence-electron chi connectivity index (χ3n) is 1.57. The fraction of sp³-hybridized carbons (Fsp3) is 0.286. The maximum absolute atomic E-state index is 4.25. The molecule has 56 valence electrons. The molecule has 0 aliphatic heterocycles. The van der Waals surface area contributed by atoms with E-state index in [0.29, 0.717) is 0 Å². The zero-order valence-electron chi connectivity index (χ0n) is 6.44. The Hall–Kier alpha value is -1.45. The van der Waals surface area contributed by atoms with Gasteiger partial charge in [-0.2, -0.15) is 0 Å². The molecule has 2 rings (SSSR count). The fourth-order valence-electron chi connectivity index (χ4n) is 1.14. The third-order valence-corrected chi connectivity index (χ3v) is 1.57. The predicted molar refractivity (Wildman–Crippen MR) is 40.3 cm³/mol. The zero-order valence-corrected chi connectivity index (χ0v) is 6.44. The first-order chi connectivity index (χ1) is 5.27. The van der Waals surface area contributed by atoms with Crippen LogP contribution in [0.5, 0.6) is 0 Å². The smallest absolute Gasteiger partial charge is 0.182 e. The van der Waals surface area contributed by atoms with Crippen molar-refractivity contribution >= 4 is 5.65 Å². The predicted octanol–water partition coefficient (Wildman–Crippen LogP) is 0.741. The number of aromatic nitrogens is 4. The lowest BCUT2D eigenvalue weighted by molar-refractivity contribution is 1.03. The first-order valence-corrected chi connectivity index (χ1v) is 3.41. The molecule has 0 fully saturated rings. The van der Waals surface area contributed by atoms with Crippen molar-refractivity contribution in [1.82, 2.24) is 19.6 Å². The van der Waals surface area contributed by atoms with E-state index in [0.717, 1.165) is 17.0 Å². The van der Waals surface area contributed by atoms with Gasteiger partial charge in [-0.1, -0.05) is 0 Å². The second-order valence-electron chi connectivity index (χ2n) is 2.53. The van der Waals surface area contributed by atoms with E-state index in [9.17, 15) is 0 Å². The minimum absolute atomic E-state index is 0.829. The summed E-state index contributed by atoms with van der Waals surface area (Å²) < 4.78 is 1.87. The highest BCUT2D eigenvalue weighted by Gasteiger charge is 1.99. The molecule has 0 aliphatic carbocycles. The molecule has 0 spiro atoms. The van der Waals surface area contributed by atoms with Crippen molar-refractivity contribution in [3.05, 3.63) is 23.9 Å². The molecule has 0 radical (unpaired) electrons. The van der Waals surface area contributed by atoms with Gasteiger partial charge in [0.2, 0.25) is 0 Å². The van der Waals surface area contributed by atoms with Crippen molar-refractivity contribution < 1.29 is 0 Å². The lowest BCUT2D eigenvalue weighted by Gasteiger charge is -1.96. The molecule has 0 aliphatic rings.